The topological polar surface area (TPSA) is 0 Å². The normalized spacial score (nSPS) is 22.5. The van der Waals surface area contributed by atoms with Crippen LogP contribution in [0.4, 0.5) is 0 Å². The van der Waals surface area contributed by atoms with Crippen LogP contribution in [0.3, 0.4) is 0 Å². The Kier molecular flexibility index (Phi) is 2.31. The summed E-state index contributed by atoms with van der Waals surface area (Å²) < 4.78 is 0. The molecule has 0 aliphatic heterocycles. The van der Waals surface area contributed by atoms with Gasteiger partial charge in [0.2, 0.25) is 0 Å². The fourth-order valence-corrected chi connectivity index (χ4v) is 1.61. The molecule has 0 saturated carbocycles. The van der Waals surface area contributed by atoms with Crippen molar-refractivity contribution >= 4 is 12.2 Å². The largest absolute Gasteiger partial charge is 0.0841 e. The van der Waals surface area contributed by atoms with Gasteiger partial charge in [0.15, 0.2) is 0 Å². The first-order valence-corrected chi connectivity index (χ1v) is 4.64. The maximum absolute atomic E-state index is 2.27. The zero-order valence-electron chi connectivity index (χ0n) is 7.83. The Hall–Kier alpha value is -1.30. The van der Waals surface area contributed by atoms with Gasteiger partial charge in [-0.25, -0.2) is 0 Å². The number of allylic oxidation sites excluding steroid dienone is 2. The molecule has 1 aliphatic rings. The molecule has 0 spiro atoms. The summed E-state index contributed by atoms with van der Waals surface area (Å²) in [6.45, 7) is 2.16. The van der Waals surface area contributed by atoms with Crippen molar-refractivity contribution < 1.29 is 0 Å². The summed E-state index contributed by atoms with van der Waals surface area (Å²) in [5.74, 6) is 0. The average Bonchev–Trinajstić information content (AvgIpc) is 2.07. The van der Waals surface area contributed by atoms with Gasteiger partial charge in [0, 0.05) is 6.42 Å². The summed E-state index contributed by atoms with van der Waals surface area (Å²) in [7, 11) is 0. The SMILES string of the molecule is Cc1cccc2/c1=C\[CH]/C=C/C\C=2. The molecule has 0 amide bonds. The average molecular weight is 169 g/mol. The predicted molar refractivity (Wildman–Crippen MR) is 57.4 cm³/mol. The molecule has 0 nitrogen and oxygen atoms in total. The summed E-state index contributed by atoms with van der Waals surface area (Å²) in [4.78, 5) is 0. The molecule has 0 bridgehead atoms. The number of benzene rings is 1. The number of fused-ring (bicyclic) bond motifs is 1. The van der Waals surface area contributed by atoms with Crippen molar-refractivity contribution in [1.82, 2.24) is 0 Å². The highest BCUT2D eigenvalue weighted by Crippen LogP contribution is 1.93. The Balaban J connectivity index is 2.74. The Morgan fingerprint density at radius 2 is 2.15 bits per heavy atom. The van der Waals surface area contributed by atoms with Crippen LogP contribution < -0.4 is 10.4 Å². The van der Waals surface area contributed by atoms with Gasteiger partial charge in [-0.05, 0) is 29.3 Å². The minimum absolute atomic E-state index is 1.03. The summed E-state index contributed by atoms with van der Waals surface area (Å²) in [5.41, 5.74) is 1.35. The van der Waals surface area contributed by atoms with Crippen molar-refractivity contribution in [3.63, 3.8) is 0 Å². The Morgan fingerprint density at radius 1 is 1.23 bits per heavy atom. The van der Waals surface area contributed by atoms with Gasteiger partial charge in [-0.1, -0.05) is 42.5 Å². The van der Waals surface area contributed by atoms with Crippen LogP contribution in [-0.2, 0) is 0 Å². The fraction of sp³-hybridized carbons (Fsp3) is 0.154. The fourth-order valence-electron chi connectivity index (χ4n) is 1.61. The molecule has 0 heterocycles. The Morgan fingerprint density at radius 3 is 3.08 bits per heavy atom. The Labute approximate surface area is 78.9 Å². The maximum Gasteiger partial charge on any atom is 0.00539 e. The lowest BCUT2D eigenvalue weighted by Crippen LogP contribution is -2.27. The van der Waals surface area contributed by atoms with Gasteiger partial charge < -0.3 is 0 Å². The summed E-state index contributed by atoms with van der Waals surface area (Å²) >= 11 is 0. The van der Waals surface area contributed by atoms with Crippen molar-refractivity contribution in [2.75, 3.05) is 0 Å². The second-order valence-electron chi connectivity index (χ2n) is 3.30. The molecule has 65 valence electrons. The van der Waals surface area contributed by atoms with Gasteiger partial charge in [0.05, 0.1) is 0 Å². The lowest BCUT2D eigenvalue weighted by molar-refractivity contribution is 1.33. The van der Waals surface area contributed by atoms with E-state index in [9.17, 15) is 0 Å². The molecule has 0 aromatic heterocycles. The molecule has 0 atom stereocenters. The molecule has 1 aromatic rings. The van der Waals surface area contributed by atoms with E-state index in [2.05, 4.69) is 55.8 Å². The molecule has 1 aliphatic carbocycles. The third kappa shape index (κ3) is 1.72. The van der Waals surface area contributed by atoms with Gasteiger partial charge in [-0.15, -0.1) is 0 Å². The van der Waals surface area contributed by atoms with Crippen molar-refractivity contribution in [3.8, 4) is 0 Å². The quantitative estimate of drug-likeness (QED) is 0.554. The first kappa shape index (κ1) is 8.31. The van der Waals surface area contributed by atoms with Crippen LogP contribution in [0.25, 0.3) is 12.2 Å². The lowest BCUT2D eigenvalue weighted by atomic mass is 10.1. The van der Waals surface area contributed by atoms with Gasteiger partial charge in [-0.3, -0.25) is 0 Å². The molecule has 0 unspecified atom stereocenters. The Bertz CT molecular complexity index is 436. The monoisotopic (exact) mass is 169 g/mol. The van der Waals surface area contributed by atoms with Crippen molar-refractivity contribution in [1.29, 1.82) is 0 Å². The van der Waals surface area contributed by atoms with Crippen LogP contribution >= 0.6 is 0 Å². The van der Waals surface area contributed by atoms with Crippen LogP contribution in [0.5, 0.6) is 0 Å². The highest BCUT2D eigenvalue weighted by molar-refractivity contribution is 5.45. The van der Waals surface area contributed by atoms with Gasteiger partial charge in [0.1, 0.15) is 0 Å². The van der Waals surface area contributed by atoms with Gasteiger partial charge >= 0.3 is 0 Å². The molecular formula is C13H13. The highest BCUT2D eigenvalue weighted by atomic mass is 14.0. The van der Waals surface area contributed by atoms with E-state index < -0.39 is 0 Å². The number of aryl methyl sites for hydroxylation is 1. The minimum Gasteiger partial charge on any atom is -0.0841 e. The smallest absolute Gasteiger partial charge is 0.00539 e. The molecule has 1 radical (unpaired) electrons. The highest BCUT2D eigenvalue weighted by Gasteiger charge is 1.91. The second-order valence-corrected chi connectivity index (χ2v) is 3.30. The summed E-state index contributed by atoms with van der Waals surface area (Å²) in [5, 5.41) is 2.70. The molecule has 0 heteroatoms. The van der Waals surface area contributed by atoms with E-state index in [1.165, 1.54) is 16.0 Å². The maximum atomic E-state index is 2.27. The van der Waals surface area contributed by atoms with E-state index in [0.717, 1.165) is 6.42 Å². The molecule has 0 N–H and O–H groups in total. The predicted octanol–water partition coefficient (Wildman–Crippen LogP) is 1.72. The van der Waals surface area contributed by atoms with E-state index in [4.69, 9.17) is 0 Å². The van der Waals surface area contributed by atoms with Crippen LogP contribution in [0.1, 0.15) is 12.0 Å². The first-order valence-electron chi connectivity index (χ1n) is 4.64. The molecule has 0 saturated heterocycles. The van der Waals surface area contributed by atoms with Crippen molar-refractivity contribution in [2.24, 2.45) is 0 Å². The van der Waals surface area contributed by atoms with Crippen LogP contribution in [0.15, 0.2) is 30.4 Å². The third-order valence-corrected chi connectivity index (χ3v) is 2.34. The zero-order chi connectivity index (χ0) is 9.10. The number of rotatable bonds is 0. The molecular weight excluding hydrogens is 156 g/mol. The van der Waals surface area contributed by atoms with Crippen molar-refractivity contribution in [3.05, 3.63) is 52.8 Å². The third-order valence-electron chi connectivity index (χ3n) is 2.34. The standard InChI is InChI=1S/C13H13/c1-11-7-6-9-12-8-4-2-3-5-10-13(11)12/h2-3,5-10H,4H2,1H3/b3-2+,12-8-,13-10-. The molecule has 13 heavy (non-hydrogen) atoms. The molecule has 0 fully saturated rings. The van der Waals surface area contributed by atoms with Gasteiger partial charge in [-0.2, -0.15) is 0 Å². The van der Waals surface area contributed by atoms with Crippen LogP contribution in [0, 0.1) is 13.3 Å². The van der Waals surface area contributed by atoms with E-state index in [0.29, 0.717) is 0 Å². The first-order chi connectivity index (χ1) is 6.38. The lowest BCUT2D eigenvalue weighted by Gasteiger charge is -1.98. The minimum atomic E-state index is 1.03. The van der Waals surface area contributed by atoms with Crippen molar-refractivity contribution in [2.45, 2.75) is 13.3 Å². The zero-order valence-corrected chi connectivity index (χ0v) is 7.83. The van der Waals surface area contributed by atoms with E-state index in [-0.39, 0.29) is 0 Å². The summed E-state index contributed by atoms with van der Waals surface area (Å²) in [6, 6.07) is 6.44. The van der Waals surface area contributed by atoms with E-state index in [1.807, 2.05) is 0 Å². The molecule has 2 rings (SSSR count). The second kappa shape index (κ2) is 3.61. The van der Waals surface area contributed by atoms with Crippen LogP contribution in [-0.4, -0.2) is 0 Å². The van der Waals surface area contributed by atoms with Gasteiger partial charge in [0.25, 0.3) is 0 Å². The molecule has 1 aromatic carbocycles. The van der Waals surface area contributed by atoms with Crippen LogP contribution in [0.2, 0.25) is 0 Å². The summed E-state index contributed by atoms with van der Waals surface area (Å²) in [6.07, 6.45) is 11.9. The number of hydrogen-bond acceptors (Lipinski definition) is 0. The van der Waals surface area contributed by atoms with E-state index >= 15 is 0 Å². The van der Waals surface area contributed by atoms with E-state index in [1.54, 1.807) is 0 Å². The number of hydrogen-bond donors (Lipinski definition) is 0.